The molecule has 24 heteroatoms. The molecule has 0 aromatic carbocycles. The van der Waals surface area contributed by atoms with Gasteiger partial charge in [0.05, 0.1) is 25.6 Å². The number of anilines is 1. The lowest BCUT2D eigenvalue weighted by Gasteiger charge is -2.31. The lowest BCUT2D eigenvalue weighted by molar-refractivity contribution is -0.0662. The number of ether oxygens (including phenoxy) is 1. The summed E-state index contributed by atoms with van der Waals surface area (Å²) >= 11 is 5.30. The summed E-state index contributed by atoms with van der Waals surface area (Å²) in [4.78, 5) is 53.6. The average molecular weight is 701 g/mol. The summed E-state index contributed by atoms with van der Waals surface area (Å²) in [5, 5.41) is 30.4. The third kappa shape index (κ3) is 4.67. The maximum Gasteiger partial charge on any atom is 0.472 e. The van der Waals surface area contributed by atoms with Gasteiger partial charge in [-0.25, -0.2) is 24.5 Å². The van der Waals surface area contributed by atoms with E-state index >= 15 is 0 Å². The Hall–Kier alpha value is -2.85. The molecule has 2 saturated carbocycles. The zero-order valence-electron chi connectivity index (χ0n) is 23.5. The Morgan fingerprint density at radius 1 is 1.13 bits per heavy atom. The highest BCUT2D eigenvalue weighted by Crippen LogP contribution is 2.72. The van der Waals surface area contributed by atoms with Crippen molar-refractivity contribution >= 4 is 54.5 Å². The molecule has 4 aliphatic rings. The summed E-state index contributed by atoms with van der Waals surface area (Å²) in [6.07, 6.45) is -5.59. The molecule has 2 aliphatic carbocycles. The van der Waals surface area contributed by atoms with Gasteiger partial charge < -0.3 is 49.1 Å². The number of aliphatic hydroxyl groups excluding tert-OH is 2. The molecule has 2 saturated heterocycles. The van der Waals surface area contributed by atoms with Crippen LogP contribution in [-0.4, -0.2) is 108 Å². The first-order valence-electron chi connectivity index (χ1n) is 13.9. The normalized spacial score (nSPS) is 41.1. The van der Waals surface area contributed by atoms with E-state index in [1.807, 2.05) is 0 Å². The second-order valence-corrected chi connectivity index (χ2v) is 15.8. The molecule has 4 fully saturated rings. The number of rotatable bonds is 2. The molecule has 2 unspecified atom stereocenters. The predicted molar refractivity (Wildman–Crippen MR) is 154 cm³/mol. The van der Waals surface area contributed by atoms with Crippen molar-refractivity contribution in [2.45, 2.75) is 56.1 Å². The van der Waals surface area contributed by atoms with E-state index in [1.165, 1.54) is 19.6 Å². The topological polar surface area (TPSA) is 290 Å². The molecule has 8 rings (SSSR count). The van der Waals surface area contributed by atoms with Crippen molar-refractivity contribution in [3.63, 3.8) is 0 Å². The second kappa shape index (κ2) is 10.3. The first-order valence-corrected chi connectivity index (χ1v) is 18.0. The SMILES string of the molecule is Cc1nc2c(nnn2[C@@H]2O[C@@H]3COP(O)(=S)O[C@H]4[C@@H](O)[C@H](n5cnc6c(N)ncnc65)[C@H]5C[C@@]54COP(=O)(O)O[C@@H]2[C@@H]3O)c(=O)[nH]1. The fourth-order valence-corrected chi connectivity index (χ4v) is 9.25. The molecular weight excluding hydrogens is 674 g/mol. The maximum atomic E-state index is 13.4. The van der Waals surface area contributed by atoms with Gasteiger partial charge in [-0.3, -0.25) is 13.8 Å². The quantitative estimate of drug-likeness (QED) is 0.131. The summed E-state index contributed by atoms with van der Waals surface area (Å²) in [6, 6.07) is -0.736. The number of hydrogen-bond acceptors (Lipinski definition) is 17. The van der Waals surface area contributed by atoms with Crippen LogP contribution in [0.4, 0.5) is 5.82 Å². The molecule has 46 heavy (non-hydrogen) atoms. The van der Waals surface area contributed by atoms with E-state index in [-0.39, 0.29) is 22.8 Å². The van der Waals surface area contributed by atoms with Gasteiger partial charge in [0.15, 0.2) is 28.9 Å². The molecule has 4 aromatic heterocycles. The molecule has 246 valence electrons. The Labute approximate surface area is 261 Å². The Kier molecular flexibility index (Phi) is 6.84. The monoisotopic (exact) mass is 700 g/mol. The molecule has 4 aromatic rings. The largest absolute Gasteiger partial charge is 0.472 e. The van der Waals surface area contributed by atoms with Gasteiger partial charge in [-0.05, 0) is 31.1 Å². The van der Waals surface area contributed by atoms with Crippen molar-refractivity contribution in [2.24, 2.45) is 11.3 Å². The zero-order chi connectivity index (χ0) is 32.3. The van der Waals surface area contributed by atoms with Crippen LogP contribution in [0.1, 0.15) is 24.5 Å². The third-order valence-corrected chi connectivity index (χ3v) is 11.4. The predicted octanol–water partition coefficient (Wildman–Crippen LogP) is -1.44. The lowest BCUT2D eigenvalue weighted by atomic mass is 10.0. The molecule has 0 amide bonds. The average Bonchev–Trinajstić information content (AvgIpc) is 3.26. The van der Waals surface area contributed by atoms with Gasteiger partial charge in [-0.15, -0.1) is 5.10 Å². The summed E-state index contributed by atoms with van der Waals surface area (Å²) in [6.45, 7) is -3.69. The number of nitrogen functional groups attached to an aromatic ring is 1. The van der Waals surface area contributed by atoms with Crippen molar-refractivity contribution in [1.82, 2.24) is 44.5 Å². The minimum absolute atomic E-state index is 0.0494. The van der Waals surface area contributed by atoms with E-state index in [0.29, 0.717) is 17.6 Å². The highest BCUT2D eigenvalue weighted by molar-refractivity contribution is 8.07. The Morgan fingerprint density at radius 3 is 2.74 bits per heavy atom. The van der Waals surface area contributed by atoms with Crippen molar-refractivity contribution in [3.05, 3.63) is 28.8 Å². The summed E-state index contributed by atoms with van der Waals surface area (Å²) in [7, 11) is -5.00. The van der Waals surface area contributed by atoms with Crippen LogP contribution < -0.4 is 11.3 Å². The number of imidazole rings is 1. The maximum absolute atomic E-state index is 13.4. The third-order valence-electron chi connectivity index (χ3n) is 8.93. The van der Waals surface area contributed by atoms with Gasteiger partial charge >= 0.3 is 14.5 Å². The molecule has 2 aliphatic heterocycles. The fraction of sp³-hybridized carbons (Fsp3) is 0.591. The minimum Gasteiger partial charge on any atom is -0.388 e. The first-order chi connectivity index (χ1) is 21.8. The minimum atomic E-state index is -5.00. The van der Waals surface area contributed by atoms with Crippen LogP contribution in [-0.2, 0) is 39.2 Å². The molecule has 21 nitrogen and oxygen atoms in total. The number of phosphoric acid groups is 1. The summed E-state index contributed by atoms with van der Waals surface area (Å²) < 4.78 is 44.4. The van der Waals surface area contributed by atoms with Crippen LogP contribution in [0.15, 0.2) is 17.4 Å². The van der Waals surface area contributed by atoms with E-state index in [9.17, 15) is 29.4 Å². The van der Waals surface area contributed by atoms with Crippen molar-refractivity contribution in [3.8, 4) is 0 Å². The molecule has 0 radical (unpaired) electrons. The number of H-pyrrole nitrogens is 1. The van der Waals surface area contributed by atoms with Crippen LogP contribution in [0, 0.1) is 18.3 Å². The smallest absolute Gasteiger partial charge is 0.388 e. The van der Waals surface area contributed by atoms with Crippen molar-refractivity contribution in [2.75, 3.05) is 18.9 Å². The molecule has 7 N–H and O–H groups in total. The number of hydrogen-bond donors (Lipinski definition) is 6. The lowest BCUT2D eigenvalue weighted by Crippen LogP contribution is -2.38. The molecule has 11 atom stereocenters. The van der Waals surface area contributed by atoms with Crippen molar-refractivity contribution in [1.29, 1.82) is 0 Å². The van der Waals surface area contributed by atoms with Gasteiger partial charge in [0.25, 0.3) is 5.56 Å². The number of aryl methyl sites for hydroxylation is 1. The summed E-state index contributed by atoms with van der Waals surface area (Å²) in [5.74, 6) is -0.0680. The highest BCUT2D eigenvalue weighted by atomic mass is 32.5. The number of fused-ring (bicyclic) bond motifs is 4. The number of nitrogens with two attached hydrogens (primary N) is 1. The number of nitrogens with zero attached hydrogens (tertiary/aromatic N) is 8. The standard InChI is InChI=1S/C22H26N10O11P2S/c1-7-27-19-11(20(35)28-7)29-30-32(19)21-15-13(33)9(41-21)3-39-45(38,46)43-16-14(34)12(8-2-22(8,16)4-40-44(36,37)42-15)31-6-26-10-17(23)24-5-25-18(10)31/h5-6,8-9,12-16,21,33-34H,2-4H2,1H3,(H,36,37)(H,38,46)(H2,23,24,25)(H,27,28,35)/t8-,9-,12-,13-,14+,15-,16+,21-,22-,45?/m1/s1. The van der Waals surface area contributed by atoms with E-state index in [1.54, 1.807) is 4.57 Å². The Morgan fingerprint density at radius 2 is 1.93 bits per heavy atom. The molecule has 2 bridgehead atoms. The van der Waals surface area contributed by atoms with E-state index < -0.39 is 87.4 Å². The second-order valence-electron chi connectivity index (χ2n) is 11.6. The van der Waals surface area contributed by atoms with Crippen LogP contribution in [0.3, 0.4) is 0 Å². The number of aromatic nitrogens is 9. The van der Waals surface area contributed by atoms with Crippen molar-refractivity contribution < 1.29 is 47.4 Å². The zero-order valence-corrected chi connectivity index (χ0v) is 26.1. The molecular formula is C22H26N10O11P2S. The number of aliphatic hydroxyl groups is 2. The van der Waals surface area contributed by atoms with Crippen LogP contribution in [0.25, 0.3) is 22.3 Å². The number of aromatic amines is 1. The number of phosphoric ester groups is 1. The van der Waals surface area contributed by atoms with E-state index in [0.717, 1.165) is 4.68 Å². The van der Waals surface area contributed by atoms with Gasteiger partial charge in [0.2, 0.25) is 0 Å². The van der Waals surface area contributed by atoms with Gasteiger partial charge in [-0.1, -0.05) is 5.21 Å². The van der Waals surface area contributed by atoms with Gasteiger partial charge in [-0.2, -0.15) is 4.68 Å². The Bertz CT molecular complexity index is 2040. The highest BCUT2D eigenvalue weighted by Gasteiger charge is 2.74. The van der Waals surface area contributed by atoms with Crippen LogP contribution >= 0.6 is 14.5 Å². The first kappa shape index (κ1) is 30.5. The van der Waals surface area contributed by atoms with Gasteiger partial charge in [0, 0.05) is 5.41 Å². The number of nitrogens with one attached hydrogen (secondary N) is 1. The van der Waals surface area contributed by atoms with Gasteiger partial charge in [0.1, 0.15) is 48.2 Å². The van der Waals surface area contributed by atoms with E-state index in [2.05, 4.69) is 35.2 Å². The Balaban J connectivity index is 1.14. The molecule has 1 spiro atoms. The van der Waals surface area contributed by atoms with Crippen LogP contribution in [0.5, 0.6) is 0 Å². The van der Waals surface area contributed by atoms with Crippen LogP contribution in [0.2, 0.25) is 0 Å². The van der Waals surface area contributed by atoms with E-state index in [4.69, 9.17) is 40.4 Å². The molecule has 6 heterocycles. The summed E-state index contributed by atoms with van der Waals surface area (Å²) in [5.41, 5.74) is 4.68. The fourth-order valence-electron chi connectivity index (χ4n) is 6.77.